The fourth-order valence-electron chi connectivity index (χ4n) is 3.48. The van der Waals surface area contributed by atoms with Gasteiger partial charge in [0.1, 0.15) is 0 Å². The standard InChI is InChI=1S/C13H14N4O6/c1-21-11-7(4-5-8-10(11)14-22-16(8)19)13(18)6-2-3-9-12(13)15-23-17(9)20/h18H,2-6H2,1H3/t13-/m1/s1. The summed E-state index contributed by atoms with van der Waals surface area (Å²) >= 11 is 0. The predicted molar refractivity (Wildman–Crippen MR) is 70.0 cm³/mol. The van der Waals surface area contributed by atoms with Crippen LogP contribution in [0.3, 0.4) is 0 Å². The summed E-state index contributed by atoms with van der Waals surface area (Å²) in [4.78, 5) is 0.658. The minimum absolute atomic E-state index is 0.199. The largest absolute Gasteiger partial charge is 0.492 e. The molecule has 0 saturated heterocycles. The van der Waals surface area contributed by atoms with Crippen molar-refractivity contribution in [2.45, 2.75) is 37.7 Å². The second-order valence-corrected chi connectivity index (χ2v) is 5.68. The molecule has 0 saturated carbocycles. The quantitative estimate of drug-likeness (QED) is 0.728. The highest BCUT2D eigenvalue weighted by molar-refractivity contribution is 5.65. The first-order chi connectivity index (χ1) is 11.1. The molecule has 1 atom stereocenters. The van der Waals surface area contributed by atoms with Crippen LogP contribution in [0.5, 0.6) is 0 Å². The highest BCUT2D eigenvalue weighted by atomic mass is 16.8. The molecule has 0 fully saturated rings. The molecule has 10 heteroatoms. The number of nitrogens with zero attached hydrogens (tertiary/aromatic N) is 4. The lowest BCUT2D eigenvalue weighted by atomic mass is 9.75. The Hall–Kier alpha value is -2.62. The van der Waals surface area contributed by atoms with Crippen LogP contribution in [0.4, 0.5) is 0 Å². The topological polar surface area (TPSA) is 135 Å². The molecule has 2 heterocycles. The molecule has 0 aliphatic heterocycles. The van der Waals surface area contributed by atoms with Crippen LogP contribution in [0, 0.1) is 10.4 Å². The first kappa shape index (κ1) is 14.0. The number of hydrogen-bond acceptors (Lipinski definition) is 8. The van der Waals surface area contributed by atoms with Gasteiger partial charge in [-0.25, -0.2) is 0 Å². The summed E-state index contributed by atoms with van der Waals surface area (Å²) in [5, 5.41) is 41.9. The van der Waals surface area contributed by atoms with E-state index in [9.17, 15) is 15.5 Å². The lowest BCUT2D eigenvalue weighted by molar-refractivity contribution is -0.808. The molecule has 122 valence electrons. The number of aromatic nitrogens is 4. The Labute approximate surface area is 129 Å². The maximum atomic E-state index is 11.6. The molecule has 2 aromatic heterocycles. The summed E-state index contributed by atoms with van der Waals surface area (Å²) in [5.74, 6) is 0.278. The molecule has 0 bridgehead atoms. The Kier molecular flexibility index (Phi) is 2.85. The van der Waals surface area contributed by atoms with Gasteiger partial charge in [0.25, 0.3) is 11.4 Å². The summed E-state index contributed by atoms with van der Waals surface area (Å²) in [6.07, 6.45) is 2.16. The Bertz CT molecular complexity index is 809. The van der Waals surface area contributed by atoms with Crippen LogP contribution in [0.1, 0.15) is 42.0 Å². The van der Waals surface area contributed by atoms with Gasteiger partial charge >= 0.3 is 0 Å². The maximum absolute atomic E-state index is 11.6. The molecule has 2 aliphatic rings. The van der Waals surface area contributed by atoms with Crippen molar-refractivity contribution in [3.8, 4) is 0 Å². The normalized spacial score (nSPS) is 23.6. The number of methoxy groups -OCH3 is 1. The average molecular weight is 322 g/mol. The van der Waals surface area contributed by atoms with Gasteiger partial charge < -0.3 is 20.3 Å². The molecule has 0 aromatic carbocycles. The fraction of sp³-hybridized carbons (Fsp3) is 0.538. The summed E-state index contributed by atoms with van der Waals surface area (Å²) < 4.78 is 14.6. The molecule has 1 N–H and O–H groups in total. The number of aliphatic hydroxyl groups is 1. The van der Waals surface area contributed by atoms with Crippen molar-refractivity contribution in [2.75, 3.05) is 7.11 Å². The average Bonchev–Trinajstić information content (AvgIpc) is 3.12. The highest BCUT2D eigenvalue weighted by Gasteiger charge is 2.50. The third-order valence-corrected chi connectivity index (χ3v) is 4.55. The summed E-state index contributed by atoms with van der Waals surface area (Å²) in [6.45, 7) is 0. The molecular formula is C13H14N4O6. The highest BCUT2D eigenvalue weighted by Crippen LogP contribution is 2.45. The first-order valence-corrected chi connectivity index (χ1v) is 7.24. The lowest BCUT2D eigenvalue weighted by Gasteiger charge is -2.31. The fourth-order valence-corrected chi connectivity index (χ4v) is 3.48. The van der Waals surface area contributed by atoms with Gasteiger partial charge in [-0.3, -0.25) is 9.26 Å². The Balaban J connectivity index is 1.91. The van der Waals surface area contributed by atoms with Crippen molar-refractivity contribution in [3.63, 3.8) is 0 Å². The van der Waals surface area contributed by atoms with Crippen LogP contribution in [-0.4, -0.2) is 22.5 Å². The first-order valence-electron chi connectivity index (χ1n) is 7.24. The van der Waals surface area contributed by atoms with E-state index in [2.05, 4.69) is 19.6 Å². The predicted octanol–water partition coefficient (Wildman–Crippen LogP) is -0.543. The Morgan fingerprint density at radius 1 is 1.13 bits per heavy atom. The molecule has 0 radical (unpaired) electrons. The van der Waals surface area contributed by atoms with Gasteiger partial charge in [-0.1, -0.05) is 0 Å². The third-order valence-electron chi connectivity index (χ3n) is 4.55. The van der Waals surface area contributed by atoms with Crippen molar-refractivity contribution in [2.24, 2.45) is 0 Å². The zero-order valence-electron chi connectivity index (χ0n) is 12.3. The van der Waals surface area contributed by atoms with Crippen molar-refractivity contribution in [1.29, 1.82) is 0 Å². The van der Waals surface area contributed by atoms with Gasteiger partial charge in [-0.15, -0.1) is 0 Å². The van der Waals surface area contributed by atoms with Crippen molar-refractivity contribution in [3.05, 3.63) is 38.8 Å². The maximum Gasteiger partial charge on any atom is 0.285 e. The van der Waals surface area contributed by atoms with E-state index in [0.717, 1.165) is 0 Å². The van der Waals surface area contributed by atoms with E-state index < -0.39 is 5.60 Å². The van der Waals surface area contributed by atoms with Crippen LogP contribution < -0.4 is 9.81 Å². The number of fused-ring (bicyclic) bond motifs is 2. The van der Waals surface area contributed by atoms with Crippen molar-refractivity contribution < 1.29 is 28.9 Å². The monoisotopic (exact) mass is 322 g/mol. The molecule has 23 heavy (non-hydrogen) atoms. The Morgan fingerprint density at radius 3 is 2.65 bits per heavy atom. The number of hydrogen-bond donors (Lipinski definition) is 1. The number of ether oxygens (including phenoxy) is 1. The zero-order valence-corrected chi connectivity index (χ0v) is 12.3. The molecule has 0 unspecified atom stereocenters. The van der Waals surface area contributed by atoms with Crippen LogP contribution in [0.2, 0.25) is 0 Å². The Morgan fingerprint density at radius 2 is 1.87 bits per heavy atom. The van der Waals surface area contributed by atoms with Gasteiger partial charge in [0.15, 0.2) is 11.4 Å². The molecule has 4 rings (SSSR count). The van der Waals surface area contributed by atoms with Crippen LogP contribution >= 0.6 is 0 Å². The smallest absolute Gasteiger partial charge is 0.285 e. The van der Waals surface area contributed by atoms with Gasteiger partial charge in [-0.05, 0) is 29.1 Å². The van der Waals surface area contributed by atoms with E-state index in [1.807, 2.05) is 0 Å². The number of rotatable bonds is 2. The molecular weight excluding hydrogens is 308 g/mol. The third kappa shape index (κ3) is 1.78. The molecule has 2 aromatic rings. The second-order valence-electron chi connectivity index (χ2n) is 5.68. The minimum atomic E-state index is -1.48. The van der Waals surface area contributed by atoms with Gasteiger partial charge in [-0.2, -0.15) is 0 Å². The zero-order chi connectivity index (χ0) is 16.2. The van der Waals surface area contributed by atoms with Crippen molar-refractivity contribution >= 4 is 5.76 Å². The summed E-state index contributed by atoms with van der Waals surface area (Å²) in [7, 11) is 1.43. The van der Waals surface area contributed by atoms with E-state index in [1.54, 1.807) is 0 Å². The van der Waals surface area contributed by atoms with Gasteiger partial charge in [0, 0.05) is 28.7 Å². The van der Waals surface area contributed by atoms with E-state index in [1.165, 1.54) is 7.11 Å². The molecule has 2 aliphatic carbocycles. The minimum Gasteiger partial charge on any atom is -0.492 e. The SMILES string of the molecule is COC1=C([C@]2(O)CCCc3c2no[n+]3[O-])CCc2c1no[n+]2[O-]. The molecule has 0 amide bonds. The van der Waals surface area contributed by atoms with Gasteiger partial charge in [0.2, 0.25) is 11.4 Å². The van der Waals surface area contributed by atoms with Crippen LogP contribution in [-0.2, 0) is 23.2 Å². The summed E-state index contributed by atoms with van der Waals surface area (Å²) in [6, 6.07) is 0. The summed E-state index contributed by atoms with van der Waals surface area (Å²) in [5.41, 5.74) is 0.169. The molecule has 10 nitrogen and oxygen atoms in total. The van der Waals surface area contributed by atoms with E-state index >= 15 is 0 Å². The van der Waals surface area contributed by atoms with Crippen LogP contribution in [0.25, 0.3) is 5.76 Å². The molecule has 0 spiro atoms. The van der Waals surface area contributed by atoms with Crippen molar-refractivity contribution in [1.82, 2.24) is 10.3 Å². The lowest BCUT2D eigenvalue weighted by Crippen LogP contribution is -2.40. The second kappa shape index (κ2) is 4.69. The van der Waals surface area contributed by atoms with Crippen LogP contribution in [0.15, 0.2) is 14.8 Å². The van der Waals surface area contributed by atoms with E-state index in [4.69, 9.17) is 4.74 Å². The van der Waals surface area contributed by atoms with Gasteiger partial charge in [0.05, 0.1) is 7.11 Å². The van der Waals surface area contributed by atoms with E-state index in [-0.39, 0.29) is 17.1 Å². The van der Waals surface area contributed by atoms with E-state index in [0.29, 0.717) is 58.9 Å².